The number of benzene rings is 3. The maximum absolute atomic E-state index is 12.7. The van der Waals surface area contributed by atoms with Crippen molar-refractivity contribution in [2.75, 3.05) is 16.0 Å². The van der Waals surface area contributed by atoms with Crippen LogP contribution in [0.1, 0.15) is 34.0 Å². The molecular formula is C26H26N2O2S. The van der Waals surface area contributed by atoms with Gasteiger partial charge >= 0.3 is 0 Å². The molecular weight excluding hydrogens is 404 g/mol. The second-order valence-electron chi connectivity index (χ2n) is 7.88. The molecule has 0 bridgehead atoms. The van der Waals surface area contributed by atoms with Crippen LogP contribution in [-0.2, 0) is 16.0 Å². The van der Waals surface area contributed by atoms with Crippen molar-refractivity contribution in [2.45, 2.75) is 32.1 Å². The topological polar surface area (TPSA) is 49.4 Å². The number of hydrogen-bond donors (Lipinski definition) is 1. The molecule has 1 N–H and O–H groups in total. The number of thioether (sulfide) groups is 1. The molecule has 1 unspecified atom stereocenters. The molecule has 1 aliphatic heterocycles. The number of aryl methyl sites for hydroxylation is 3. The van der Waals surface area contributed by atoms with Crippen molar-refractivity contribution in [3.63, 3.8) is 0 Å². The minimum atomic E-state index is -0.102. The molecule has 4 rings (SSSR count). The van der Waals surface area contributed by atoms with Gasteiger partial charge in [0, 0.05) is 17.8 Å². The van der Waals surface area contributed by atoms with E-state index in [2.05, 4.69) is 18.3 Å². The Kier molecular flexibility index (Phi) is 6.42. The van der Waals surface area contributed by atoms with Crippen LogP contribution in [0.5, 0.6) is 0 Å². The summed E-state index contributed by atoms with van der Waals surface area (Å²) in [6.07, 6.45) is 1.14. The van der Waals surface area contributed by atoms with Crippen LogP contribution in [0, 0.1) is 13.8 Å². The molecule has 0 saturated carbocycles. The van der Waals surface area contributed by atoms with E-state index < -0.39 is 0 Å². The second-order valence-corrected chi connectivity index (χ2v) is 8.94. The van der Waals surface area contributed by atoms with Crippen LogP contribution in [0.25, 0.3) is 0 Å². The first-order valence-electron chi connectivity index (χ1n) is 10.5. The Labute approximate surface area is 187 Å². The standard InChI is InChI=1S/C26H26N2O2S/c1-18-11-13-23(19(2)15-18)28-25(30)17-31-26(28)21-9-6-10-22(16-21)27-24(29)14-12-20-7-4-3-5-8-20/h3-11,13,15-16,26H,12,14,17H2,1-2H3,(H,27,29). The largest absolute Gasteiger partial charge is 0.326 e. The van der Waals surface area contributed by atoms with Gasteiger partial charge in [-0.2, -0.15) is 0 Å². The lowest BCUT2D eigenvalue weighted by Gasteiger charge is -2.26. The Morgan fingerprint density at radius 3 is 2.61 bits per heavy atom. The molecule has 1 atom stereocenters. The molecule has 0 radical (unpaired) electrons. The van der Waals surface area contributed by atoms with E-state index in [4.69, 9.17) is 0 Å². The zero-order valence-electron chi connectivity index (χ0n) is 17.8. The molecule has 0 aromatic heterocycles. The quantitative estimate of drug-likeness (QED) is 0.549. The summed E-state index contributed by atoms with van der Waals surface area (Å²) in [5, 5.41) is 2.91. The average molecular weight is 431 g/mol. The third-order valence-corrected chi connectivity index (χ3v) is 6.63. The molecule has 158 valence electrons. The van der Waals surface area contributed by atoms with E-state index in [1.165, 1.54) is 5.56 Å². The average Bonchev–Trinajstić information content (AvgIpc) is 3.14. The summed E-state index contributed by atoms with van der Waals surface area (Å²) in [6, 6.07) is 24.0. The number of amides is 2. The number of nitrogens with one attached hydrogen (secondary N) is 1. The fraction of sp³-hybridized carbons (Fsp3) is 0.231. The second kappa shape index (κ2) is 9.40. The lowest BCUT2D eigenvalue weighted by molar-refractivity contribution is -0.116. The van der Waals surface area contributed by atoms with E-state index in [0.717, 1.165) is 28.1 Å². The molecule has 3 aromatic rings. The molecule has 1 aliphatic rings. The summed E-state index contributed by atoms with van der Waals surface area (Å²) in [4.78, 5) is 27.1. The van der Waals surface area contributed by atoms with Crippen molar-refractivity contribution >= 4 is 35.0 Å². The van der Waals surface area contributed by atoms with Gasteiger partial charge in [0.2, 0.25) is 11.8 Å². The van der Waals surface area contributed by atoms with Gasteiger partial charge in [-0.05, 0) is 55.2 Å². The minimum absolute atomic E-state index is 0.0117. The summed E-state index contributed by atoms with van der Waals surface area (Å²) in [5.74, 6) is 0.549. The zero-order valence-corrected chi connectivity index (χ0v) is 18.6. The summed E-state index contributed by atoms with van der Waals surface area (Å²) in [5.41, 5.74) is 6.13. The predicted molar refractivity (Wildman–Crippen MR) is 128 cm³/mol. The normalized spacial score (nSPS) is 15.9. The van der Waals surface area contributed by atoms with Gasteiger partial charge in [-0.15, -0.1) is 11.8 Å². The van der Waals surface area contributed by atoms with E-state index in [9.17, 15) is 9.59 Å². The lowest BCUT2D eigenvalue weighted by atomic mass is 10.1. The zero-order chi connectivity index (χ0) is 21.8. The molecule has 31 heavy (non-hydrogen) atoms. The fourth-order valence-electron chi connectivity index (χ4n) is 3.90. The summed E-state index contributed by atoms with van der Waals surface area (Å²) < 4.78 is 0. The van der Waals surface area contributed by atoms with E-state index in [1.807, 2.05) is 78.6 Å². The predicted octanol–water partition coefficient (Wildman–Crippen LogP) is 5.65. The molecule has 4 nitrogen and oxygen atoms in total. The maximum Gasteiger partial charge on any atom is 0.238 e. The van der Waals surface area contributed by atoms with Crippen molar-refractivity contribution in [1.29, 1.82) is 0 Å². The van der Waals surface area contributed by atoms with Crippen molar-refractivity contribution in [3.05, 3.63) is 95.1 Å². The number of rotatable bonds is 6. The van der Waals surface area contributed by atoms with Crippen LogP contribution in [-0.4, -0.2) is 17.6 Å². The first-order chi connectivity index (χ1) is 15.0. The summed E-state index contributed by atoms with van der Waals surface area (Å²) >= 11 is 1.62. The Morgan fingerprint density at radius 1 is 1.03 bits per heavy atom. The van der Waals surface area contributed by atoms with Crippen molar-refractivity contribution in [1.82, 2.24) is 0 Å². The van der Waals surface area contributed by atoms with Gasteiger partial charge in [0.15, 0.2) is 0 Å². The number of nitrogens with zero attached hydrogens (tertiary/aromatic N) is 1. The Morgan fingerprint density at radius 2 is 1.84 bits per heavy atom. The van der Waals surface area contributed by atoms with Crippen molar-refractivity contribution in [3.8, 4) is 0 Å². The number of anilines is 2. The van der Waals surface area contributed by atoms with Gasteiger partial charge in [-0.1, -0.05) is 60.2 Å². The molecule has 1 saturated heterocycles. The molecule has 3 aromatic carbocycles. The van der Waals surface area contributed by atoms with Gasteiger partial charge in [0.05, 0.1) is 5.75 Å². The maximum atomic E-state index is 12.7. The lowest BCUT2D eigenvalue weighted by Crippen LogP contribution is -2.28. The summed E-state index contributed by atoms with van der Waals surface area (Å²) in [7, 11) is 0. The molecule has 0 spiro atoms. The van der Waals surface area contributed by atoms with E-state index in [0.29, 0.717) is 18.6 Å². The van der Waals surface area contributed by atoms with E-state index >= 15 is 0 Å². The van der Waals surface area contributed by atoms with Gasteiger partial charge in [0.25, 0.3) is 0 Å². The van der Waals surface area contributed by atoms with Gasteiger partial charge in [-0.3, -0.25) is 14.5 Å². The number of carbonyl (C=O) groups excluding carboxylic acids is 2. The van der Waals surface area contributed by atoms with E-state index in [1.54, 1.807) is 11.8 Å². The minimum Gasteiger partial charge on any atom is -0.326 e. The Balaban J connectivity index is 1.49. The third kappa shape index (κ3) is 5.00. The van der Waals surface area contributed by atoms with Crippen LogP contribution in [0.2, 0.25) is 0 Å². The van der Waals surface area contributed by atoms with Crippen LogP contribution >= 0.6 is 11.8 Å². The van der Waals surface area contributed by atoms with Crippen LogP contribution in [0.3, 0.4) is 0 Å². The number of carbonyl (C=O) groups is 2. The van der Waals surface area contributed by atoms with Crippen molar-refractivity contribution < 1.29 is 9.59 Å². The Hall–Kier alpha value is -3.05. The highest BCUT2D eigenvalue weighted by atomic mass is 32.2. The molecule has 1 fully saturated rings. The van der Waals surface area contributed by atoms with Gasteiger partial charge < -0.3 is 5.32 Å². The first-order valence-corrected chi connectivity index (χ1v) is 11.5. The van der Waals surface area contributed by atoms with Crippen LogP contribution in [0.15, 0.2) is 72.8 Å². The fourth-order valence-corrected chi connectivity index (χ4v) is 5.06. The van der Waals surface area contributed by atoms with Crippen LogP contribution < -0.4 is 10.2 Å². The van der Waals surface area contributed by atoms with Crippen LogP contribution in [0.4, 0.5) is 11.4 Å². The van der Waals surface area contributed by atoms with Crippen molar-refractivity contribution in [2.24, 2.45) is 0 Å². The monoisotopic (exact) mass is 430 g/mol. The van der Waals surface area contributed by atoms with Gasteiger partial charge in [-0.25, -0.2) is 0 Å². The third-order valence-electron chi connectivity index (χ3n) is 5.42. The molecule has 5 heteroatoms. The molecule has 0 aliphatic carbocycles. The molecule has 2 amide bonds. The van der Waals surface area contributed by atoms with E-state index in [-0.39, 0.29) is 17.2 Å². The highest BCUT2D eigenvalue weighted by Gasteiger charge is 2.34. The molecule has 1 heterocycles. The summed E-state index contributed by atoms with van der Waals surface area (Å²) in [6.45, 7) is 4.10. The smallest absolute Gasteiger partial charge is 0.238 e. The first kappa shape index (κ1) is 21.2. The number of hydrogen-bond acceptors (Lipinski definition) is 3. The highest BCUT2D eigenvalue weighted by molar-refractivity contribution is 8.00. The SMILES string of the molecule is Cc1ccc(N2C(=O)CSC2c2cccc(NC(=O)CCc3ccccc3)c2)c(C)c1. The van der Waals surface area contributed by atoms with Gasteiger partial charge in [0.1, 0.15) is 5.37 Å². The Bertz CT molecular complexity index is 1100. The highest BCUT2D eigenvalue weighted by Crippen LogP contribution is 2.43.